The predicted octanol–water partition coefficient (Wildman–Crippen LogP) is 6.46. The van der Waals surface area contributed by atoms with Crippen molar-refractivity contribution in [2.24, 2.45) is 5.92 Å². The summed E-state index contributed by atoms with van der Waals surface area (Å²) in [7, 11) is 0. The lowest BCUT2D eigenvalue weighted by Crippen LogP contribution is -2.05. The molecular formula is C17H24ClFS. The monoisotopic (exact) mass is 314 g/mol. The van der Waals surface area contributed by atoms with E-state index in [0.29, 0.717) is 16.3 Å². The highest BCUT2D eigenvalue weighted by atomic mass is 35.5. The Bertz CT molecular complexity index is 382. The Balaban J connectivity index is 1.57. The van der Waals surface area contributed by atoms with Crippen LogP contribution in [-0.2, 0) is 5.75 Å². The number of thioether (sulfide) groups is 1. The average molecular weight is 315 g/mol. The minimum Gasteiger partial charge on any atom is -0.207 e. The first-order valence-electron chi connectivity index (χ1n) is 7.78. The second-order valence-electron chi connectivity index (χ2n) is 5.75. The van der Waals surface area contributed by atoms with Crippen molar-refractivity contribution in [1.82, 2.24) is 0 Å². The molecule has 1 fully saturated rings. The van der Waals surface area contributed by atoms with Gasteiger partial charge in [-0.25, -0.2) is 4.39 Å². The van der Waals surface area contributed by atoms with Gasteiger partial charge in [-0.2, -0.15) is 11.8 Å². The van der Waals surface area contributed by atoms with E-state index in [2.05, 4.69) is 0 Å². The number of hydrogen-bond acceptors (Lipinski definition) is 1. The van der Waals surface area contributed by atoms with Crippen LogP contribution in [0.25, 0.3) is 0 Å². The molecule has 1 aliphatic rings. The molecule has 0 heterocycles. The van der Waals surface area contributed by atoms with Gasteiger partial charge in [0.15, 0.2) is 0 Å². The Kier molecular flexibility index (Phi) is 7.23. The second-order valence-corrected chi connectivity index (χ2v) is 7.26. The van der Waals surface area contributed by atoms with Crippen molar-refractivity contribution in [3.8, 4) is 0 Å². The van der Waals surface area contributed by atoms with E-state index in [1.807, 2.05) is 0 Å². The van der Waals surface area contributed by atoms with E-state index >= 15 is 0 Å². The Morgan fingerprint density at radius 3 is 2.70 bits per heavy atom. The maximum atomic E-state index is 13.6. The van der Waals surface area contributed by atoms with E-state index in [4.69, 9.17) is 11.6 Å². The molecule has 0 nitrogen and oxygen atoms in total. The summed E-state index contributed by atoms with van der Waals surface area (Å²) in [6, 6.07) is 4.92. The second kappa shape index (κ2) is 8.94. The highest BCUT2D eigenvalue weighted by Gasteiger charge is 2.12. The fraction of sp³-hybridized carbons (Fsp3) is 0.647. The van der Waals surface area contributed by atoms with E-state index in [1.54, 1.807) is 23.9 Å². The standard InChI is InChI=1S/C17H24ClFS/c18-16-10-6-11-17(19)15(16)13-20-12-5-4-9-14-7-2-1-3-8-14/h6,10-11,14H,1-5,7-9,12-13H2. The number of hydrogen-bond donors (Lipinski definition) is 0. The number of unbranched alkanes of at least 4 members (excludes halogenated alkanes) is 1. The maximum Gasteiger partial charge on any atom is 0.128 e. The number of halogens is 2. The lowest BCUT2D eigenvalue weighted by Gasteiger charge is -2.21. The molecule has 20 heavy (non-hydrogen) atoms. The maximum absolute atomic E-state index is 13.6. The topological polar surface area (TPSA) is 0 Å². The largest absolute Gasteiger partial charge is 0.207 e. The van der Waals surface area contributed by atoms with Gasteiger partial charge in [-0.3, -0.25) is 0 Å². The summed E-state index contributed by atoms with van der Waals surface area (Å²) in [5.74, 6) is 2.61. The summed E-state index contributed by atoms with van der Waals surface area (Å²) >= 11 is 7.81. The van der Waals surface area contributed by atoms with Crippen LogP contribution < -0.4 is 0 Å². The Hall–Kier alpha value is -0.210. The zero-order chi connectivity index (χ0) is 14.2. The quantitative estimate of drug-likeness (QED) is 0.520. The van der Waals surface area contributed by atoms with E-state index < -0.39 is 0 Å². The van der Waals surface area contributed by atoms with Crippen LogP contribution in [0, 0.1) is 11.7 Å². The molecule has 1 aromatic rings. The molecule has 0 amide bonds. The van der Waals surface area contributed by atoms with Gasteiger partial charge >= 0.3 is 0 Å². The molecule has 0 unspecified atom stereocenters. The molecule has 1 saturated carbocycles. The van der Waals surface area contributed by atoms with Gasteiger partial charge in [-0.1, -0.05) is 62.6 Å². The molecule has 0 spiro atoms. The highest BCUT2D eigenvalue weighted by Crippen LogP contribution is 2.28. The van der Waals surface area contributed by atoms with Gasteiger partial charge in [0.2, 0.25) is 0 Å². The summed E-state index contributed by atoms with van der Waals surface area (Å²) in [5.41, 5.74) is 0.659. The molecule has 0 aromatic heterocycles. The molecule has 0 bridgehead atoms. The Morgan fingerprint density at radius 1 is 1.15 bits per heavy atom. The van der Waals surface area contributed by atoms with Crippen LogP contribution in [0.4, 0.5) is 4.39 Å². The normalized spacial score (nSPS) is 16.5. The first-order valence-corrected chi connectivity index (χ1v) is 9.31. The van der Waals surface area contributed by atoms with Crippen molar-refractivity contribution >= 4 is 23.4 Å². The number of benzene rings is 1. The van der Waals surface area contributed by atoms with E-state index in [-0.39, 0.29) is 5.82 Å². The lowest BCUT2D eigenvalue weighted by atomic mass is 9.86. The molecular weight excluding hydrogens is 291 g/mol. The molecule has 0 atom stereocenters. The van der Waals surface area contributed by atoms with E-state index in [0.717, 1.165) is 11.7 Å². The van der Waals surface area contributed by atoms with Gasteiger partial charge in [0.05, 0.1) is 0 Å². The summed E-state index contributed by atoms with van der Waals surface area (Å²) in [5, 5.41) is 0.555. The minimum absolute atomic E-state index is 0.174. The summed E-state index contributed by atoms with van der Waals surface area (Å²) in [6.45, 7) is 0. The molecule has 112 valence electrons. The molecule has 0 radical (unpaired) electrons. The van der Waals surface area contributed by atoms with Gasteiger partial charge in [0, 0.05) is 16.3 Å². The third-order valence-corrected chi connectivity index (χ3v) is 5.61. The first kappa shape index (κ1) is 16.2. The van der Waals surface area contributed by atoms with Gasteiger partial charge in [-0.05, 0) is 30.2 Å². The van der Waals surface area contributed by atoms with Crippen LogP contribution in [0.1, 0.15) is 56.9 Å². The lowest BCUT2D eigenvalue weighted by molar-refractivity contribution is 0.332. The molecule has 0 N–H and O–H groups in total. The van der Waals surface area contributed by atoms with Crippen LogP contribution in [0.3, 0.4) is 0 Å². The minimum atomic E-state index is -0.174. The third kappa shape index (κ3) is 5.29. The van der Waals surface area contributed by atoms with Crippen molar-refractivity contribution in [1.29, 1.82) is 0 Å². The summed E-state index contributed by atoms with van der Waals surface area (Å²) in [4.78, 5) is 0. The van der Waals surface area contributed by atoms with Gasteiger partial charge in [0.1, 0.15) is 5.82 Å². The first-order chi connectivity index (χ1) is 9.77. The van der Waals surface area contributed by atoms with Crippen LogP contribution in [0.15, 0.2) is 18.2 Å². The Labute approximate surface area is 131 Å². The van der Waals surface area contributed by atoms with Crippen molar-refractivity contribution in [3.05, 3.63) is 34.6 Å². The molecule has 0 aliphatic heterocycles. The molecule has 1 aromatic carbocycles. The van der Waals surface area contributed by atoms with E-state index in [9.17, 15) is 4.39 Å². The van der Waals surface area contributed by atoms with Crippen molar-refractivity contribution in [2.45, 2.75) is 57.1 Å². The molecule has 2 rings (SSSR count). The average Bonchev–Trinajstić information content (AvgIpc) is 2.46. The predicted molar refractivity (Wildman–Crippen MR) is 88.0 cm³/mol. The van der Waals surface area contributed by atoms with Crippen LogP contribution in [0.5, 0.6) is 0 Å². The SMILES string of the molecule is Fc1cccc(Cl)c1CSCCCCC1CCCCC1. The van der Waals surface area contributed by atoms with Crippen molar-refractivity contribution in [2.75, 3.05) is 5.75 Å². The summed E-state index contributed by atoms with van der Waals surface area (Å²) in [6.07, 6.45) is 11.2. The molecule has 1 aliphatic carbocycles. The fourth-order valence-corrected chi connectivity index (χ4v) is 4.32. The van der Waals surface area contributed by atoms with E-state index in [1.165, 1.54) is 57.4 Å². The van der Waals surface area contributed by atoms with Gasteiger partial charge < -0.3 is 0 Å². The Morgan fingerprint density at radius 2 is 1.95 bits per heavy atom. The summed E-state index contributed by atoms with van der Waals surface area (Å²) < 4.78 is 13.6. The smallest absolute Gasteiger partial charge is 0.128 e. The fourth-order valence-electron chi connectivity index (χ4n) is 2.96. The van der Waals surface area contributed by atoms with Gasteiger partial charge in [0.25, 0.3) is 0 Å². The number of rotatable bonds is 7. The van der Waals surface area contributed by atoms with Crippen molar-refractivity contribution in [3.63, 3.8) is 0 Å². The zero-order valence-corrected chi connectivity index (χ0v) is 13.6. The molecule has 0 saturated heterocycles. The van der Waals surface area contributed by atoms with Crippen LogP contribution in [0.2, 0.25) is 5.02 Å². The third-order valence-electron chi connectivity index (χ3n) is 4.18. The molecule has 3 heteroatoms. The van der Waals surface area contributed by atoms with Crippen LogP contribution >= 0.6 is 23.4 Å². The van der Waals surface area contributed by atoms with Gasteiger partial charge in [-0.15, -0.1) is 0 Å². The zero-order valence-electron chi connectivity index (χ0n) is 12.0. The highest BCUT2D eigenvalue weighted by molar-refractivity contribution is 7.98. The van der Waals surface area contributed by atoms with Crippen LogP contribution in [-0.4, -0.2) is 5.75 Å². The van der Waals surface area contributed by atoms with Crippen molar-refractivity contribution < 1.29 is 4.39 Å².